The second-order valence-corrected chi connectivity index (χ2v) is 6.16. The van der Waals surface area contributed by atoms with Crippen molar-refractivity contribution in [1.82, 2.24) is 20.6 Å². The van der Waals surface area contributed by atoms with Crippen LogP contribution in [0.1, 0.15) is 48.9 Å². The Morgan fingerprint density at radius 1 is 1.00 bits per heavy atom. The van der Waals surface area contributed by atoms with Gasteiger partial charge in [0.15, 0.2) is 0 Å². The highest BCUT2D eigenvalue weighted by atomic mass is 16.1. The molecule has 0 saturated heterocycles. The van der Waals surface area contributed by atoms with E-state index in [-0.39, 0.29) is 5.91 Å². The van der Waals surface area contributed by atoms with Gasteiger partial charge in [0.2, 0.25) is 0 Å². The quantitative estimate of drug-likeness (QED) is 0.658. The molecule has 3 rings (SSSR count). The van der Waals surface area contributed by atoms with E-state index in [0.717, 1.165) is 17.6 Å². The molecule has 2 N–H and O–H groups in total. The number of amides is 1. The van der Waals surface area contributed by atoms with Crippen LogP contribution in [0, 0.1) is 0 Å². The van der Waals surface area contributed by atoms with Gasteiger partial charge in [-0.15, -0.1) is 0 Å². The van der Waals surface area contributed by atoms with Gasteiger partial charge in [-0.3, -0.25) is 14.8 Å². The second-order valence-electron chi connectivity index (χ2n) is 6.16. The molecule has 5 nitrogen and oxygen atoms in total. The number of rotatable bonds is 5. The first-order valence-corrected chi connectivity index (χ1v) is 8.55. The predicted molar refractivity (Wildman–Crippen MR) is 91.4 cm³/mol. The number of hydrogen-bond donors (Lipinski definition) is 2. The Morgan fingerprint density at radius 2 is 1.74 bits per heavy atom. The third kappa shape index (κ3) is 4.48. The number of benzene rings is 1. The van der Waals surface area contributed by atoms with E-state index in [1.54, 1.807) is 24.5 Å². The number of nitrogens with zero attached hydrogens (tertiary/aromatic N) is 2. The molecule has 1 aromatic heterocycles. The third-order valence-electron chi connectivity index (χ3n) is 4.43. The van der Waals surface area contributed by atoms with Gasteiger partial charge in [-0.1, -0.05) is 25.7 Å². The predicted octanol–water partition coefficient (Wildman–Crippen LogP) is 2.67. The molecule has 2 aromatic rings. The molecular formula is C18H24N4O. The summed E-state index contributed by atoms with van der Waals surface area (Å²) in [6, 6.07) is 6.04. The number of aromatic nitrogens is 2. The van der Waals surface area contributed by atoms with E-state index < -0.39 is 0 Å². The molecule has 0 unspecified atom stereocenters. The fraction of sp³-hybridized carbons (Fsp3) is 0.500. The van der Waals surface area contributed by atoms with Crippen LogP contribution in [0.5, 0.6) is 0 Å². The van der Waals surface area contributed by atoms with Crippen molar-refractivity contribution in [3.8, 4) is 0 Å². The van der Waals surface area contributed by atoms with Gasteiger partial charge in [0, 0.05) is 37.1 Å². The van der Waals surface area contributed by atoms with Crippen molar-refractivity contribution >= 4 is 16.9 Å². The average Bonchev–Trinajstić information content (AvgIpc) is 2.87. The monoisotopic (exact) mass is 312 g/mol. The van der Waals surface area contributed by atoms with Crippen molar-refractivity contribution in [2.24, 2.45) is 0 Å². The molecule has 1 amide bonds. The Morgan fingerprint density at radius 3 is 2.52 bits per heavy atom. The van der Waals surface area contributed by atoms with Crippen LogP contribution in [0.4, 0.5) is 0 Å². The van der Waals surface area contributed by atoms with E-state index in [1.165, 1.54) is 38.5 Å². The highest BCUT2D eigenvalue weighted by molar-refractivity contribution is 5.97. The number of hydrogen-bond acceptors (Lipinski definition) is 4. The van der Waals surface area contributed by atoms with Crippen LogP contribution in [-0.2, 0) is 0 Å². The minimum Gasteiger partial charge on any atom is -0.351 e. The standard InChI is InChI=1S/C18H24N4O/c23-18(14-7-8-16-17(13-14)21-11-10-20-16)22-12-9-19-15-5-3-1-2-4-6-15/h7-8,10-11,13,15,19H,1-6,9,12H2,(H,22,23). The molecule has 0 aliphatic heterocycles. The van der Waals surface area contributed by atoms with Crippen molar-refractivity contribution in [3.63, 3.8) is 0 Å². The van der Waals surface area contributed by atoms with Crippen molar-refractivity contribution in [2.75, 3.05) is 13.1 Å². The first kappa shape index (κ1) is 15.9. The summed E-state index contributed by atoms with van der Waals surface area (Å²) in [6.45, 7) is 1.47. The molecule has 1 saturated carbocycles. The van der Waals surface area contributed by atoms with Crippen LogP contribution in [0.15, 0.2) is 30.6 Å². The molecule has 122 valence electrons. The van der Waals surface area contributed by atoms with Gasteiger partial charge < -0.3 is 10.6 Å². The first-order valence-electron chi connectivity index (χ1n) is 8.55. The zero-order valence-electron chi connectivity index (χ0n) is 13.4. The lowest BCUT2D eigenvalue weighted by atomic mass is 10.1. The molecule has 0 bridgehead atoms. The maximum absolute atomic E-state index is 12.2. The number of carbonyl (C=O) groups is 1. The lowest BCUT2D eigenvalue weighted by molar-refractivity contribution is 0.0953. The van der Waals surface area contributed by atoms with E-state index in [2.05, 4.69) is 20.6 Å². The maximum Gasteiger partial charge on any atom is 0.251 e. The van der Waals surface area contributed by atoms with E-state index in [1.807, 2.05) is 6.07 Å². The summed E-state index contributed by atoms with van der Waals surface area (Å²) < 4.78 is 0. The molecule has 0 radical (unpaired) electrons. The number of carbonyl (C=O) groups excluding carboxylic acids is 1. The van der Waals surface area contributed by atoms with E-state index >= 15 is 0 Å². The van der Waals surface area contributed by atoms with Gasteiger partial charge in [0.1, 0.15) is 0 Å². The molecular weight excluding hydrogens is 288 g/mol. The molecule has 1 aromatic carbocycles. The Hall–Kier alpha value is -2.01. The molecule has 1 fully saturated rings. The van der Waals surface area contributed by atoms with Crippen molar-refractivity contribution < 1.29 is 4.79 Å². The van der Waals surface area contributed by atoms with E-state index in [0.29, 0.717) is 18.2 Å². The van der Waals surface area contributed by atoms with Crippen molar-refractivity contribution in [2.45, 2.75) is 44.6 Å². The highest BCUT2D eigenvalue weighted by Crippen LogP contribution is 2.16. The minimum absolute atomic E-state index is 0.0554. The molecule has 23 heavy (non-hydrogen) atoms. The van der Waals surface area contributed by atoms with Crippen LogP contribution in [-0.4, -0.2) is 35.0 Å². The summed E-state index contributed by atoms with van der Waals surface area (Å²) in [6.07, 6.45) is 11.2. The Labute approximate surface area is 136 Å². The SMILES string of the molecule is O=C(NCCNC1CCCCCC1)c1ccc2nccnc2c1. The Bertz CT molecular complexity index is 650. The smallest absolute Gasteiger partial charge is 0.251 e. The van der Waals surface area contributed by atoms with Crippen molar-refractivity contribution in [1.29, 1.82) is 0 Å². The van der Waals surface area contributed by atoms with Crippen molar-refractivity contribution in [3.05, 3.63) is 36.2 Å². The maximum atomic E-state index is 12.2. The summed E-state index contributed by atoms with van der Waals surface area (Å²) >= 11 is 0. The Kier molecular flexibility index (Phi) is 5.53. The van der Waals surface area contributed by atoms with Gasteiger partial charge in [-0.25, -0.2) is 0 Å². The van der Waals surface area contributed by atoms with Crippen LogP contribution in [0.2, 0.25) is 0 Å². The van der Waals surface area contributed by atoms with Crippen LogP contribution in [0.3, 0.4) is 0 Å². The zero-order valence-corrected chi connectivity index (χ0v) is 13.4. The summed E-state index contributed by atoms with van der Waals surface area (Å²) in [4.78, 5) is 20.7. The molecule has 1 heterocycles. The highest BCUT2D eigenvalue weighted by Gasteiger charge is 2.11. The van der Waals surface area contributed by atoms with E-state index in [9.17, 15) is 4.79 Å². The van der Waals surface area contributed by atoms with E-state index in [4.69, 9.17) is 0 Å². The fourth-order valence-corrected chi connectivity index (χ4v) is 3.14. The van der Waals surface area contributed by atoms with Gasteiger partial charge >= 0.3 is 0 Å². The largest absolute Gasteiger partial charge is 0.351 e. The number of fused-ring (bicyclic) bond motifs is 1. The van der Waals surface area contributed by atoms with Gasteiger partial charge in [-0.2, -0.15) is 0 Å². The number of nitrogens with one attached hydrogen (secondary N) is 2. The van der Waals surface area contributed by atoms with Gasteiger partial charge in [-0.05, 0) is 31.0 Å². The van der Waals surface area contributed by atoms with Crippen LogP contribution in [0.25, 0.3) is 11.0 Å². The summed E-state index contributed by atoms with van der Waals surface area (Å²) in [5.74, 6) is -0.0554. The average molecular weight is 312 g/mol. The third-order valence-corrected chi connectivity index (χ3v) is 4.43. The molecule has 1 aliphatic carbocycles. The molecule has 0 atom stereocenters. The molecule has 1 aliphatic rings. The minimum atomic E-state index is -0.0554. The normalized spacial score (nSPS) is 16.2. The van der Waals surface area contributed by atoms with Crippen LogP contribution >= 0.6 is 0 Å². The zero-order chi connectivity index (χ0) is 15.9. The molecule has 0 spiro atoms. The summed E-state index contributed by atoms with van der Waals surface area (Å²) in [7, 11) is 0. The topological polar surface area (TPSA) is 66.9 Å². The lowest BCUT2D eigenvalue weighted by Crippen LogP contribution is -2.36. The van der Waals surface area contributed by atoms with Gasteiger partial charge in [0.05, 0.1) is 11.0 Å². The van der Waals surface area contributed by atoms with Gasteiger partial charge in [0.25, 0.3) is 5.91 Å². The first-order chi connectivity index (χ1) is 11.3. The van der Waals surface area contributed by atoms with Crippen LogP contribution < -0.4 is 10.6 Å². The second kappa shape index (κ2) is 8.02. The molecule has 5 heteroatoms. The fourth-order valence-electron chi connectivity index (χ4n) is 3.14. The summed E-state index contributed by atoms with van der Waals surface area (Å²) in [5, 5.41) is 6.53. The Balaban J connectivity index is 1.46. The lowest BCUT2D eigenvalue weighted by Gasteiger charge is -2.16. The summed E-state index contributed by atoms with van der Waals surface area (Å²) in [5.41, 5.74) is 2.18.